The summed E-state index contributed by atoms with van der Waals surface area (Å²) in [7, 11) is 1.54. The molecule has 0 aliphatic carbocycles. The van der Waals surface area contributed by atoms with E-state index in [4.69, 9.17) is 0 Å². The highest BCUT2D eigenvalue weighted by atomic mass is 16.2. The van der Waals surface area contributed by atoms with Crippen LogP contribution in [0, 0.1) is 5.92 Å². The van der Waals surface area contributed by atoms with Gasteiger partial charge in [0.15, 0.2) is 5.65 Å². The summed E-state index contributed by atoms with van der Waals surface area (Å²) in [6.45, 7) is 3.68. The zero-order valence-corrected chi connectivity index (χ0v) is 17.7. The molecule has 0 radical (unpaired) electrons. The van der Waals surface area contributed by atoms with Crippen molar-refractivity contribution in [1.29, 1.82) is 0 Å². The van der Waals surface area contributed by atoms with Gasteiger partial charge in [0.25, 0.3) is 5.56 Å². The number of hydrogen-bond donors (Lipinski definition) is 3. The number of nitrogens with one attached hydrogen (secondary N) is 3. The first-order valence-corrected chi connectivity index (χ1v) is 10.7. The molecule has 1 unspecified atom stereocenters. The van der Waals surface area contributed by atoms with Crippen molar-refractivity contribution in [3.05, 3.63) is 62.6 Å². The molecule has 1 aromatic carbocycles. The van der Waals surface area contributed by atoms with Crippen molar-refractivity contribution in [2.75, 3.05) is 19.6 Å². The zero-order chi connectivity index (χ0) is 21.8. The number of aromatic nitrogens is 4. The number of H-pyrrole nitrogens is 2. The number of likely N-dealkylation sites (tertiary alicyclic amines) is 1. The molecule has 164 valence electrons. The molecule has 1 amide bonds. The Kier molecular flexibility index (Phi) is 6.31. The first kappa shape index (κ1) is 21.0. The van der Waals surface area contributed by atoms with Gasteiger partial charge in [-0.2, -0.15) is 0 Å². The second-order valence-corrected chi connectivity index (χ2v) is 8.23. The van der Waals surface area contributed by atoms with E-state index in [2.05, 4.69) is 49.4 Å². The van der Waals surface area contributed by atoms with Crippen LogP contribution in [0.4, 0.5) is 0 Å². The van der Waals surface area contributed by atoms with Gasteiger partial charge in [-0.25, -0.2) is 9.78 Å². The summed E-state index contributed by atoms with van der Waals surface area (Å²) in [6, 6.07) is 10.5. The normalized spacial score (nSPS) is 17.1. The number of hydrogen-bond acceptors (Lipinski definition) is 5. The molecule has 1 saturated heterocycles. The monoisotopic (exact) mass is 424 g/mol. The summed E-state index contributed by atoms with van der Waals surface area (Å²) >= 11 is 0. The number of rotatable bonds is 7. The van der Waals surface area contributed by atoms with Crippen LogP contribution in [0.3, 0.4) is 0 Å². The van der Waals surface area contributed by atoms with E-state index in [-0.39, 0.29) is 17.8 Å². The van der Waals surface area contributed by atoms with Gasteiger partial charge in [0, 0.05) is 39.5 Å². The van der Waals surface area contributed by atoms with E-state index in [1.54, 1.807) is 7.05 Å². The highest BCUT2D eigenvalue weighted by Gasteiger charge is 2.20. The minimum atomic E-state index is -0.512. The van der Waals surface area contributed by atoms with Crippen molar-refractivity contribution in [2.45, 2.75) is 32.2 Å². The Balaban J connectivity index is 1.26. The Morgan fingerprint density at radius 2 is 2.03 bits per heavy atom. The molecule has 1 aliphatic rings. The molecule has 1 fully saturated rings. The minimum absolute atomic E-state index is 0.0385. The number of nitrogens with zero attached hydrogens (tertiary/aromatic N) is 3. The third-order valence-corrected chi connectivity index (χ3v) is 5.83. The van der Waals surface area contributed by atoms with Crippen molar-refractivity contribution >= 4 is 17.1 Å². The molecule has 3 heterocycles. The quantitative estimate of drug-likeness (QED) is 0.521. The second kappa shape index (κ2) is 9.30. The SMILES string of the molecule is Cn1c(=O)[nH]c(=O)c2[nH]c(CCC(=O)NCC3CCCN(Cc4ccccc4)C3)nc21. The lowest BCUT2D eigenvalue weighted by Gasteiger charge is -2.32. The standard InChI is InChI=1S/C22H28N6O3/c1-27-20-19(21(30)26-22(27)31)24-17(25-20)9-10-18(29)23-12-16-8-5-11-28(14-16)13-15-6-3-2-4-7-15/h2-4,6-7,16H,5,8-14H2,1H3,(H,23,29)(H,24,25)(H,26,30,31). The first-order chi connectivity index (χ1) is 15.0. The lowest BCUT2D eigenvalue weighted by atomic mass is 9.97. The molecular weight excluding hydrogens is 396 g/mol. The molecule has 9 nitrogen and oxygen atoms in total. The van der Waals surface area contributed by atoms with Crippen molar-refractivity contribution < 1.29 is 4.79 Å². The maximum atomic E-state index is 12.3. The molecule has 0 bridgehead atoms. The van der Waals surface area contributed by atoms with Crippen LogP contribution in [-0.4, -0.2) is 50.0 Å². The van der Waals surface area contributed by atoms with E-state index in [1.165, 1.54) is 10.1 Å². The molecule has 0 spiro atoms. The van der Waals surface area contributed by atoms with Crippen molar-refractivity contribution in [2.24, 2.45) is 13.0 Å². The number of carbonyl (C=O) groups excluding carboxylic acids is 1. The Hall–Kier alpha value is -3.20. The maximum Gasteiger partial charge on any atom is 0.329 e. The topological polar surface area (TPSA) is 116 Å². The van der Waals surface area contributed by atoms with Gasteiger partial charge >= 0.3 is 5.69 Å². The van der Waals surface area contributed by atoms with Gasteiger partial charge in [-0.15, -0.1) is 0 Å². The molecule has 4 rings (SSSR count). The summed E-state index contributed by atoms with van der Waals surface area (Å²) in [6.07, 6.45) is 2.90. The number of benzene rings is 1. The van der Waals surface area contributed by atoms with Crippen LogP contribution in [0.15, 0.2) is 39.9 Å². The lowest BCUT2D eigenvalue weighted by molar-refractivity contribution is -0.121. The zero-order valence-electron chi connectivity index (χ0n) is 17.7. The van der Waals surface area contributed by atoms with E-state index in [0.717, 1.165) is 32.5 Å². The highest BCUT2D eigenvalue weighted by molar-refractivity contribution is 5.76. The Bertz CT molecular complexity index is 1160. The summed E-state index contributed by atoms with van der Waals surface area (Å²) in [5.41, 5.74) is 0.846. The number of fused-ring (bicyclic) bond motifs is 1. The third-order valence-electron chi connectivity index (χ3n) is 5.83. The average Bonchev–Trinajstić information content (AvgIpc) is 3.21. The predicted octanol–water partition coefficient (Wildman–Crippen LogP) is 0.911. The largest absolute Gasteiger partial charge is 0.356 e. The number of aromatic amines is 2. The van der Waals surface area contributed by atoms with E-state index in [9.17, 15) is 14.4 Å². The minimum Gasteiger partial charge on any atom is -0.356 e. The number of amides is 1. The fourth-order valence-electron chi connectivity index (χ4n) is 4.15. The van der Waals surface area contributed by atoms with Crippen LogP contribution < -0.4 is 16.6 Å². The van der Waals surface area contributed by atoms with Gasteiger partial charge in [0.2, 0.25) is 5.91 Å². The van der Waals surface area contributed by atoms with E-state index in [0.29, 0.717) is 30.4 Å². The van der Waals surface area contributed by atoms with Gasteiger partial charge in [0.05, 0.1) is 0 Å². The van der Waals surface area contributed by atoms with Gasteiger partial charge in [0.1, 0.15) is 11.3 Å². The van der Waals surface area contributed by atoms with Gasteiger partial charge in [-0.05, 0) is 30.9 Å². The first-order valence-electron chi connectivity index (χ1n) is 10.7. The number of piperidine rings is 1. The van der Waals surface area contributed by atoms with E-state index in [1.807, 2.05) is 6.07 Å². The van der Waals surface area contributed by atoms with Crippen LogP contribution >= 0.6 is 0 Å². The van der Waals surface area contributed by atoms with Crippen LogP contribution in [0.2, 0.25) is 0 Å². The second-order valence-electron chi connectivity index (χ2n) is 8.23. The summed E-state index contributed by atoms with van der Waals surface area (Å²) in [5, 5.41) is 3.04. The molecule has 1 atom stereocenters. The van der Waals surface area contributed by atoms with Crippen molar-refractivity contribution in [3.8, 4) is 0 Å². The summed E-state index contributed by atoms with van der Waals surface area (Å²) < 4.78 is 1.28. The number of imidazole rings is 1. The van der Waals surface area contributed by atoms with Crippen molar-refractivity contribution in [3.63, 3.8) is 0 Å². The molecule has 3 aromatic rings. The average molecular weight is 425 g/mol. The van der Waals surface area contributed by atoms with Gasteiger partial charge < -0.3 is 10.3 Å². The molecule has 31 heavy (non-hydrogen) atoms. The number of aryl methyl sites for hydroxylation is 2. The molecule has 9 heteroatoms. The van der Waals surface area contributed by atoms with Crippen molar-refractivity contribution in [1.82, 2.24) is 29.7 Å². The molecule has 3 N–H and O–H groups in total. The lowest BCUT2D eigenvalue weighted by Crippen LogP contribution is -2.40. The van der Waals surface area contributed by atoms with Crippen LogP contribution in [0.1, 0.15) is 30.7 Å². The van der Waals surface area contributed by atoms with Crippen LogP contribution in [-0.2, 0) is 24.8 Å². The molecule has 0 saturated carbocycles. The Morgan fingerprint density at radius 3 is 2.84 bits per heavy atom. The van der Waals surface area contributed by atoms with E-state index >= 15 is 0 Å². The molecule has 2 aromatic heterocycles. The molecule has 1 aliphatic heterocycles. The Morgan fingerprint density at radius 1 is 1.23 bits per heavy atom. The highest BCUT2D eigenvalue weighted by Crippen LogP contribution is 2.18. The van der Waals surface area contributed by atoms with Crippen LogP contribution in [0.25, 0.3) is 11.2 Å². The third kappa shape index (κ3) is 5.11. The summed E-state index contributed by atoms with van der Waals surface area (Å²) in [5.74, 6) is 0.924. The Labute approximate surface area is 179 Å². The maximum absolute atomic E-state index is 12.3. The van der Waals surface area contributed by atoms with Crippen LogP contribution in [0.5, 0.6) is 0 Å². The van der Waals surface area contributed by atoms with Gasteiger partial charge in [-0.3, -0.25) is 24.0 Å². The summed E-state index contributed by atoms with van der Waals surface area (Å²) in [4.78, 5) is 47.8. The predicted molar refractivity (Wildman–Crippen MR) is 118 cm³/mol. The molecular formula is C22H28N6O3. The smallest absolute Gasteiger partial charge is 0.329 e. The fourth-order valence-corrected chi connectivity index (χ4v) is 4.15. The van der Waals surface area contributed by atoms with E-state index < -0.39 is 11.2 Å². The van der Waals surface area contributed by atoms with Gasteiger partial charge in [-0.1, -0.05) is 30.3 Å². The number of carbonyl (C=O) groups is 1. The fraction of sp³-hybridized carbons (Fsp3) is 0.455.